The number of pyridine rings is 1. The summed E-state index contributed by atoms with van der Waals surface area (Å²) in [5, 5.41) is 2.95. The summed E-state index contributed by atoms with van der Waals surface area (Å²) in [5.74, 6) is 0.528. The number of ether oxygens (including phenoxy) is 1. The van der Waals surface area contributed by atoms with Crippen LogP contribution in [0.25, 0.3) is 11.2 Å². The van der Waals surface area contributed by atoms with Crippen molar-refractivity contribution >= 4 is 23.0 Å². The molecular formula is C18H26N4O2. The first-order chi connectivity index (χ1) is 11.3. The van der Waals surface area contributed by atoms with Gasteiger partial charge in [0.05, 0.1) is 18.6 Å². The van der Waals surface area contributed by atoms with Crippen molar-refractivity contribution in [3.8, 4) is 0 Å². The number of carbonyl (C=O) groups excluding carboxylic acids is 1. The number of aryl methyl sites for hydroxylation is 1. The van der Waals surface area contributed by atoms with Crippen LogP contribution in [0.4, 0.5) is 5.95 Å². The van der Waals surface area contributed by atoms with Gasteiger partial charge in [-0.1, -0.05) is 0 Å². The number of rotatable bonds is 5. The quantitative estimate of drug-likeness (QED) is 0.909. The van der Waals surface area contributed by atoms with Crippen molar-refractivity contribution in [1.82, 2.24) is 14.5 Å². The van der Waals surface area contributed by atoms with Gasteiger partial charge >= 0.3 is 0 Å². The third kappa shape index (κ3) is 3.75. The molecule has 6 nitrogen and oxygen atoms in total. The van der Waals surface area contributed by atoms with E-state index in [0.717, 1.165) is 29.7 Å². The highest BCUT2D eigenvalue weighted by Gasteiger charge is 2.26. The normalized spacial score (nSPS) is 15.5. The van der Waals surface area contributed by atoms with Gasteiger partial charge in [0.2, 0.25) is 11.9 Å². The van der Waals surface area contributed by atoms with Gasteiger partial charge in [0, 0.05) is 11.7 Å². The van der Waals surface area contributed by atoms with Crippen molar-refractivity contribution in [3.05, 3.63) is 17.8 Å². The second-order valence-corrected chi connectivity index (χ2v) is 7.44. The van der Waals surface area contributed by atoms with E-state index in [1.807, 2.05) is 39.8 Å². The van der Waals surface area contributed by atoms with Crippen molar-refractivity contribution < 1.29 is 9.53 Å². The summed E-state index contributed by atoms with van der Waals surface area (Å²) in [7, 11) is 0. The highest BCUT2D eigenvalue weighted by molar-refractivity contribution is 5.91. The summed E-state index contributed by atoms with van der Waals surface area (Å²) in [4.78, 5) is 21.5. The first-order valence-corrected chi connectivity index (χ1v) is 8.63. The molecule has 0 radical (unpaired) electrons. The molecule has 24 heavy (non-hydrogen) atoms. The number of nitrogens with one attached hydrogen (secondary N) is 1. The molecule has 2 aromatic rings. The number of hydrogen-bond acceptors (Lipinski definition) is 4. The zero-order valence-electron chi connectivity index (χ0n) is 14.9. The monoisotopic (exact) mass is 330 g/mol. The van der Waals surface area contributed by atoms with Gasteiger partial charge in [0.1, 0.15) is 5.52 Å². The molecule has 0 bridgehead atoms. The Morgan fingerprint density at radius 2 is 2.08 bits per heavy atom. The van der Waals surface area contributed by atoms with Crippen LogP contribution in [0.15, 0.2) is 12.1 Å². The summed E-state index contributed by atoms with van der Waals surface area (Å²) < 4.78 is 7.71. The maximum atomic E-state index is 12.3. The Morgan fingerprint density at radius 3 is 2.71 bits per heavy atom. The number of carbonyl (C=O) groups is 1. The molecule has 0 spiro atoms. The van der Waals surface area contributed by atoms with Crippen molar-refractivity contribution in [3.63, 3.8) is 0 Å². The molecule has 0 atom stereocenters. The van der Waals surface area contributed by atoms with E-state index in [0.29, 0.717) is 25.0 Å². The summed E-state index contributed by atoms with van der Waals surface area (Å²) >= 11 is 0. The molecule has 3 rings (SSSR count). The highest BCUT2D eigenvalue weighted by atomic mass is 16.5. The first-order valence-electron chi connectivity index (χ1n) is 8.63. The second kappa shape index (κ2) is 6.51. The molecule has 6 heteroatoms. The molecule has 1 aliphatic carbocycles. The van der Waals surface area contributed by atoms with E-state index in [1.165, 1.54) is 6.42 Å². The predicted molar refractivity (Wildman–Crippen MR) is 94.1 cm³/mol. The minimum atomic E-state index is -0.235. The van der Waals surface area contributed by atoms with Gasteiger partial charge in [0.15, 0.2) is 5.65 Å². The fourth-order valence-corrected chi connectivity index (χ4v) is 2.78. The molecule has 2 heterocycles. The topological polar surface area (TPSA) is 69.0 Å². The van der Waals surface area contributed by atoms with Crippen molar-refractivity contribution in [1.29, 1.82) is 0 Å². The van der Waals surface area contributed by atoms with E-state index < -0.39 is 0 Å². The van der Waals surface area contributed by atoms with Gasteiger partial charge in [-0.3, -0.25) is 14.7 Å². The Hall–Kier alpha value is -1.95. The third-order valence-electron chi connectivity index (χ3n) is 4.23. The molecule has 1 fully saturated rings. The van der Waals surface area contributed by atoms with E-state index in [-0.39, 0.29) is 11.5 Å². The van der Waals surface area contributed by atoms with Gasteiger partial charge in [-0.05, 0) is 59.1 Å². The van der Waals surface area contributed by atoms with Crippen molar-refractivity contribution in [2.45, 2.75) is 65.0 Å². The fraction of sp³-hybridized carbons (Fsp3) is 0.611. The molecule has 0 aromatic carbocycles. The molecule has 130 valence electrons. The van der Waals surface area contributed by atoms with E-state index in [1.54, 1.807) is 0 Å². The molecule has 1 saturated carbocycles. The average molecular weight is 330 g/mol. The summed E-state index contributed by atoms with van der Waals surface area (Å²) in [6.45, 7) is 8.31. The zero-order valence-corrected chi connectivity index (χ0v) is 14.9. The highest BCUT2D eigenvalue weighted by Crippen LogP contribution is 2.36. The van der Waals surface area contributed by atoms with Gasteiger partial charge in [0.25, 0.3) is 0 Å². The molecule has 0 unspecified atom stereocenters. The summed E-state index contributed by atoms with van der Waals surface area (Å²) in [6, 6.07) is 4.29. The first kappa shape index (κ1) is 16.9. The van der Waals surface area contributed by atoms with E-state index >= 15 is 0 Å². The van der Waals surface area contributed by atoms with Crippen LogP contribution in [0.5, 0.6) is 0 Å². The number of amides is 1. The minimum Gasteiger partial charge on any atom is -0.375 e. The number of nitrogens with zero attached hydrogens (tertiary/aromatic N) is 3. The lowest BCUT2D eigenvalue weighted by Gasteiger charge is -2.28. The standard InChI is InChI=1S/C18H26N4O2/c1-12-8-9-14-16(19-12)22(13-6-5-7-13)17(20-14)21-15(23)10-11-24-18(2,3)4/h8-9,13H,5-7,10-11H2,1-4H3,(H,20,21,23). The number of hydrogen-bond donors (Lipinski definition) is 1. The van der Waals surface area contributed by atoms with Gasteiger partial charge in [-0.2, -0.15) is 0 Å². The number of imidazole rings is 1. The van der Waals surface area contributed by atoms with E-state index in [4.69, 9.17) is 4.74 Å². The summed E-state index contributed by atoms with van der Waals surface area (Å²) in [6.07, 6.45) is 3.74. The molecular weight excluding hydrogens is 304 g/mol. The van der Waals surface area contributed by atoms with Crippen LogP contribution in [0.3, 0.4) is 0 Å². The molecule has 1 N–H and O–H groups in total. The van der Waals surface area contributed by atoms with Gasteiger partial charge < -0.3 is 4.74 Å². The lowest BCUT2D eigenvalue weighted by Crippen LogP contribution is -2.25. The Balaban J connectivity index is 1.77. The van der Waals surface area contributed by atoms with Gasteiger partial charge in [-0.15, -0.1) is 0 Å². The Labute approximate surface area is 142 Å². The number of anilines is 1. The van der Waals surface area contributed by atoms with Crippen LogP contribution < -0.4 is 5.32 Å². The fourth-order valence-electron chi connectivity index (χ4n) is 2.78. The third-order valence-corrected chi connectivity index (χ3v) is 4.23. The zero-order chi connectivity index (χ0) is 17.3. The predicted octanol–water partition coefficient (Wildman–Crippen LogP) is 3.61. The minimum absolute atomic E-state index is 0.0770. The van der Waals surface area contributed by atoms with Crippen LogP contribution in [-0.4, -0.2) is 32.7 Å². The Bertz CT molecular complexity index is 741. The number of fused-ring (bicyclic) bond motifs is 1. The largest absolute Gasteiger partial charge is 0.375 e. The average Bonchev–Trinajstić information content (AvgIpc) is 2.73. The van der Waals surface area contributed by atoms with E-state index in [2.05, 4.69) is 19.9 Å². The lowest BCUT2D eigenvalue weighted by atomic mass is 9.93. The van der Waals surface area contributed by atoms with Crippen LogP contribution in [0.1, 0.15) is 58.2 Å². The molecule has 0 saturated heterocycles. The van der Waals surface area contributed by atoms with Crippen LogP contribution in [-0.2, 0) is 9.53 Å². The summed E-state index contributed by atoms with van der Waals surface area (Å²) in [5.41, 5.74) is 2.41. The maximum Gasteiger partial charge on any atom is 0.229 e. The molecule has 1 aliphatic rings. The second-order valence-electron chi connectivity index (χ2n) is 7.44. The van der Waals surface area contributed by atoms with Gasteiger partial charge in [-0.25, -0.2) is 9.97 Å². The number of aromatic nitrogens is 3. The van der Waals surface area contributed by atoms with E-state index in [9.17, 15) is 4.79 Å². The van der Waals surface area contributed by atoms with Crippen LogP contribution >= 0.6 is 0 Å². The SMILES string of the molecule is Cc1ccc2nc(NC(=O)CCOC(C)(C)C)n(C3CCC3)c2n1. The van der Waals surface area contributed by atoms with Crippen LogP contribution in [0.2, 0.25) is 0 Å². The van der Waals surface area contributed by atoms with Crippen molar-refractivity contribution in [2.75, 3.05) is 11.9 Å². The molecule has 1 amide bonds. The maximum absolute atomic E-state index is 12.3. The Morgan fingerprint density at radius 1 is 1.33 bits per heavy atom. The van der Waals surface area contributed by atoms with Crippen LogP contribution in [0, 0.1) is 6.92 Å². The lowest BCUT2D eigenvalue weighted by molar-refractivity contribution is -0.118. The Kier molecular flexibility index (Phi) is 4.58. The molecule has 0 aliphatic heterocycles. The molecule has 2 aromatic heterocycles. The smallest absolute Gasteiger partial charge is 0.229 e. The van der Waals surface area contributed by atoms with Crippen molar-refractivity contribution in [2.24, 2.45) is 0 Å².